The number of hydrogen-bond acceptors (Lipinski definition) is 4. The summed E-state index contributed by atoms with van der Waals surface area (Å²) in [5, 5.41) is 7.58. The zero-order valence-electron chi connectivity index (χ0n) is 10.4. The molecule has 0 unspecified atom stereocenters. The number of hydrogen-bond donors (Lipinski definition) is 0. The van der Waals surface area contributed by atoms with Crippen molar-refractivity contribution >= 4 is 23.1 Å². The average molecular weight is 401 g/mol. The van der Waals surface area contributed by atoms with Crippen LogP contribution >= 0.6 is 12.2 Å². The minimum absolute atomic E-state index is 0. The molecule has 0 saturated carbocycles. The van der Waals surface area contributed by atoms with Gasteiger partial charge in [-0.2, -0.15) is 0 Å². The fourth-order valence-corrected chi connectivity index (χ4v) is 1.34. The number of carbonyl (C=O) groups excluding carboxylic acids is 1. The molecule has 0 aliphatic carbocycles. The van der Waals surface area contributed by atoms with Gasteiger partial charge in [0, 0.05) is 13.1 Å². The number of thiocarbonyl (C=S) groups is 1. The molecule has 2 fully saturated rings. The second-order valence-corrected chi connectivity index (χ2v) is 3.89. The van der Waals surface area contributed by atoms with Gasteiger partial charge in [0.15, 0.2) is 0 Å². The van der Waals surface area contributed by atoms with E-state index >= 15 is 0 Å². The van der Waals surface area contributed by atoms with Gasteiger partial charge in [-0.25, -0.2) is 0 Å². The summed E-state index contributed by atoms with van der Waals surface area (Å²) in [5.41, 5.74) is 0. The molecule has 2 rings (SSSR count). The zero-order chi connectivity index (χ0) is 10.6. The van der Waals surface area contributed by atoms with Gasteiger partial charge in [-0.05, 0) is 14.1 Å². The predicted molar refractivity (Wildman–Crippen MR) is 66.0 cm³/mol. The van der Waals surface area contributed by atoms with Crippen LogP contribution in [0.3, 0.4) is 0 Å². The first-order chi connectivity index (χ1) is 6.58. The number of likely N-dealkylation sites (N-methyl/N-ethyl adjacent to an activating group) is 2. The molecule has 0 atom stereocenters. The molecule has 2 aliphatic rings. The summed E-state index contributed by atoms with van der Waals surface area (Å²) in [6, 6.07) is 0. The van der Waals surface area contributed by atoms with E-state index in [1.165, 1.54) is 0 Å². The van der Waals surface area contributed by atoms with Crippen molar-refractivity contribution in [3.8, 4) is 0 Å². The van der Waals surface area contributed by atoms with Crippen LogP contribution in [0.4, 0.5) is 0 Å². The molecule has 0 aromatic rings. The van der Waals surface area contributed by atoms with Crippen LogP contribution in [-0.2, 0) is 4.79 Å². The first-order valence-electron chi connectivity index (χ1n) is 4.35. The van der Waals surface area contributed by atoms with E-state index in [1.54, 1.807) is 0 Å². The fraction of sp³-hybridized carbons (Fsp3) is 0.778. The van der Waals surface area contributed by atoms with Crippen molar-refractivity contribution in [1.82, 2.24) is 9.80 Å². The molecule has 1 amide bonds. The fourth-order valence-electron chi connectivity index (χ4n) is 1.06. The third kappa shape index (κ3) is 12.3. The van der Waals surface area contributed by atoms with Crippen LogP contribution in [0.5, 0.6) is 0 Å². The molecule has 2 aliphatic heterocycles. The van der Waals surface area contributed by atoms with Gasteiger partial charge in [-0.3, -0.25) is 0 Å². The standard InChI is InChI=1S/C4H8N2O.C4H8N2S.CH4.2Rb/c2*1-6-2-4(7)5-3-6;;;/h2*2-3H2,1H3,(H,5,7);1H4;;/q;;;2*+1/p-2. The summed E-state index contributed by atoms with van der Waals surface area (Å²) in [6.07, 6.45) is 0. The van der Waals surface area contributed by atoms with Crippen LogP contribution in [0.2, 0.25) is 0 Å². The largest absolute Gasteiger partial charge is 1.00 e. The Hall–Kier alpha value is 2.89. The summed E-state index contributed by atoms with van der Waals surface area (Å²) in [4.78, 5) is 15.0. The second-order valence-electron chi connectivity index (χ2n) is 3.41. The first-order valence-corrected chi connectivity index (χ1v) is 4.76. The van der Waals surface area contributed by atoms with Crippen molar-refractivity contribution in [3.05, 3.63) is 10.6 Å². The molecule has 0 bridgehead atoms. The van der Waals surface area contributed by atoms with Crippen molar-refractivity contribution in [2.75, 3.05) is 40.5 Å². The van der Waals surface area contributed by atoms with E-state index in [9.17, 15) is 4.79 Å². The Morgan fingerprint density at radius 1 is 1.06 bits per heavy atom. The third-order valence-electron chi connectivity index (χ3n) is 1.79. The summed E-state index contributed by atoms with van der Waals surface area (Å²) >= 11 is 4.79. The van der Waals surface area contributed by atoms with E-state index in [4.69, 9.17) is 12.2 Å². The summed E-state index contributed by atoms with van der Waals surface area (Å²) < 4.78 is 0. The molecule has 2 heterocycles. The van der Waals surface area contributed by atoms with Crippen molar-refractivity contribution in [2.24, 2.45) is 0 Å². The van der Waals surface area contributed by atoms with Crippen LogP contribution in [-0.4, -0.2) is 61.2 Å². The molecule has 5 nitrogen and oxygen atoms in total. The second kappa shape index (κ2) is 13.9. The van der Waals surface area contributed by atoms with Gasteiger partial charge in [-0.15, -0.1) is 12.2 Å². The smallest absolute Gasteiger partial charge is 0.666 e. The average Bonchev–Trinajstić information content (AvgIpc) is 2.63. The molecule has 0 aromatic carbocycles. The van der Waals surface area contributed by atoms with Crippen molar-refractivity contribution < 1.29 is 121 Å². The van der Waals surface area contributed by atoms with E-state index in [0.29, 0.717) is 13.2 Å². The first kappa shape index (κ1) is 24.9. The van der Waals surface area contributed by atoms with E-state index < -0.39 is 0 Å². The van der Waals surface area contributed by atoms with E-state index in [1.807, 2.05) is 19.0 Å². The number of rotatable bonds is 0. The maximum absolute atomic E-state index is 10.2. The van der Waals surface area contributed by atoms with Crippen LogP contribution in [0.15, 0.2) is 0 Å². The predicted octanol–water partition coefficient (Wildman–Crippen LogP) is -4.98. The molecule has 8 heteroatoms. The van der Waals surface area contributed by atoms with Gasteiger partial charge >= 0.3 is 116 Å². The monoisotopic (exact) mass is 400 g/mol. The number of nitrogens with zero attached hydrogens (tertiary/aromatic N) is 4. The number of carbonyl (C=O) groups is 1. The Bertz CT molecular complexity index is 219. The molecule has 0 spiro atoms. The minimum Gasteiger partial charge on any atom is -0.666 e. The minimum atomic E-state index is 0. The maximum atomic E-state index is 10.2. The topological polar surface area (TPSA) is 51.8 Å². The maximum Gasteiger partial charge on any atom is 1.00 e. The molecule has 0 N–H and O–H groups in total. The van der Waals surface area contributed by atoms with Crippen LogP contribution < -0.4 is 116 Å². The molecule has 0 aromatic heterocycles. The van der Waals surface area contributed by atoms with Crippen LogP contribution in [0, 0.1) is 0 Å². The number of amides is 1. The Morgan fingerprint density at radius 3 is 1.65 bits per heavy atom. The normalized spacial score (nSPS) is 18.7. The van der Waals surface area contributed by atoms with Crippen LogP contribution in [0.1, 0.15) is 7.43 Å². The molecular weight excluding hydrogens is 383 g/mol. The zero-order valence-corrected chi connectivity index (χ0v) is 21.1. The molecule has 0 radical (unpaired) electrons. The van der Waals surface area contributed by atoms with Crippen molar-refractivity contribution in [1.29, 1.82) is 0 Å². The molecule has 2 saturated heterocycles. The van der Waals surface area contributed by atoms with E-state index in [-0.39, 0.29) is 130 Å². The SMILES string of the molecule is C.CN1C[N-]C(=O)C1.CN1C[N-]C(=S)C1.[Rb+].[Rb+]. The summed E-state index contributed by atoms with van der Waals surface area (Å²) in [7, 11) is 3.87. The van der Waals surface area contributed by atoms with Gasteiger partial charge in [0.25, 0.3) is 0 Å². The Kier molecular flexibility index (Phi) is 20.3. The van der Waals surface area contributed by atoms with Gasteiger partial charge < -0.3 is 25.2 Å². The Morgan fingerprint density at radius 2 is 1.53 bits per heavy atom. The van der Waals surface area contributed by atoms with Gasteiger partial charge in [0.2, 0.25) is 0 Å². The molecule has 17 heavy (non-hydrogen) atoms. The van der Waals surface area contributed by atoms with E-state index in [0.717, 1.165) is 18.2 Å². The molecular formula is C9H18N4ORb2S. The van der Waals surface area contributed by atoms with Crippen molar-refractivity contribution in [3.63, 3.8) is 0 Å². The van der Waals surface area contributed by atoms with Crippen molar-refractivity contribution in [2.45, 2.75) is 7.43 Å². The summed E-state index contributed by atoms with van der Waals surface area (Å²) in [6.45, 7) is 2.74. The Labute approximate surface area is 207 Å². The van der Waals surface area contributed by atoms with Crippen LogP contribution in [0.25, 0.3) is 10.6 Å². The quantitative estimate of drug-likeness (QED) is 0.382. The van der Waals surface area contributed by atoms with Gasteiger partial charge in [-0.1, -0.05) is 25.8 Å². The summed E-state index contributed by atoms with van der Waals surface area (Å²) in [5.74, 6) is 0.00231. The van der Waals surface area contributed by atoms with Gasteiger partial charge in [0.05, 0.1) is 5.91 Å². The Balaban J connectivity index is -0.000000196. The van der Waals surface area contributed by atoms with Gasteiger partial charge in [0.1, 0.15) is 0 Å². The third-order valence-corrected chi connectivity index (χ3v) is 2.05. The van der Waals surface area contributed by atoms with E-state index in [2.05, 4.69) is 15.5 Å². The molecule has 88 valence electrons.